The van der Waals surface area contributed by atoms with Crippen LogP contribution in [0.15, 0.2) is 0 Å². The Bertz CT molecular complexity index is 426. The average Bonchev–Trinajstić information content (AvgIpc) is 2.62. The third-order valence-corrected chi connectivity index (χ3v) is 3.92. The summed E-state index contributed by atoms with van der Waals surface area (Å²) >= 11 is 0. The molecule has 0 atom stereocenters. The summed E-state index contributed by atoms with van der Waals surface area (Å²) in [5, 5.41) is 8.63. The highest BCUT2D eigenvalue weighted by molar-refractivity contribution is 5.53. The van der Waals surface area contributed by atoms with Crippen molar-refractivity contribution in [3.63, 3.8) is 0 Å². The summed E-state index contributed by atoms with van der Waals surface area (Å²) < 4.78 is 0. The minimum absolute atomic E-state index is 0.167. The molecule has 0 aromatic carbocycles. The van der Waals surface area contributed by atoms with Crippen molar-refractivity contribution >= 4 is 5.82 Å². The number of nitrogens with zero attached hydrogens (tertiary/aromatic N) is 3. The number of hydrogen-bond acceptors (Lipinski definition) is 4. The Hall–Kier alpha value is -1.16. The second-order valence-electron chi connectivity index (χ2n) is 5.48. The Morgan fingerprint density at radius 1 is 1.29 bits per heavy atom. The number of aryl methyl sites for hydroxylation is 1. The highest BCUT2D eigenvalue weighted by Gasteiger charge is 2.34. The van der Waals surface area contributed by atoms with E-state index in [1.807, 2.05) is 6.92 Å². The Morgan fingerprint density at radius 3 is 2.53 bits per heavy atom. The van der Waals surface area contributed by atoms with Crippen LogP contribution in [0.1, 0.15) is 43.5 Å². The van der Waals surface area contributed by atoms with Gasteiger partial charge >= 0.3 is 0 Å². The van der Waals surface area contributed by atoms with Crippen molar-refractivity contribution in [3.8, 4) is 0 Å². The fraction of sp³-hybridized carbons (Fsp3) is 0.692. The summed E-state index contributed by atoms with van der Waals surface area (Å²) in [5.41, 5.74) is 9.35. The first-order valence-corrected chi connectivity index (χ1v) is 6.28. The van der Waals surface area contributed by atoms with Crippen molar-refractivity contribution in [3.05, 3.63) is 16.8 Å². The van der Waals surface area contributed by atoms with Gasteiger partial charge in [-0.3, -0.25) is 0 Å². The molecule has 0 bridgehead atoms. The molecule has 0 spiro atoms. The summed E-state index contributed by atoms with van der Waals surface area (Å²) in [6.07, 6.45) is 2.41. The van der Waals surface area contributed by atoms with E-state index in [4.69, 9.17) is 5.73 Å². The first-order chi connectivity index (χ1) is 7.97. The van der Waals surface area contributed by atoms with Gasteiger partial charge in [0.1, 0.15) is 0 Å². The van der Waals surface area contributed by atoms with Crippen LogP contribution in [0.25, 0.3) is 0 Å². The minimum atomic E-state index is 0.167. The number of rotatable bonds is 2. The number of anilines is 1. The molecule has 1 aliphatic rings. The molecular weight excluding hydrogens is 212 g/mol. The van der Waals surface area contributed by atoms with Crippen LogP contribution in [0, 0.1) is 13.8 Å². The normalized spacial score (nSPS) is 18.8. The predicted molar refractivity (Wildman–Crippen MR) is 70.1 cm³/mol. The molecule has 4 nitrogen and oxygen atoms in total. The van der Waals surface area contributed by atoms with Crippen LogP contribution >= 0.6 is 0 Å². The van der Waals surface area contributed by atoms with Crippen molar-refractivity contribution in [1.82, 2.24) is 10.2 Å². The van der Waals surface area contributed by atoms with Crippen LogP contribution in [0.2, 0.25) is 0 Å². The fourth-order valence-corrected chi connectivity index (χ4v) is 2.61. The maximum atomic E-state index is 5.88. The van der Waals surface area contributed by atoms with Gasteiger partial charge in [-0.15, -0.1) is 5.10 Å². The summed E-state index contributed by atoms with van der Waals surface area (Å²) in [7, 11) is 0. The van der Waals surface area contributed by atoms with Gasteiger partial charge in [0, 0.05) is 24.2 Å². The lowest BCUT2D eigenvalue weighted by Gasteiger charge is -2.34. The zero-order valence-electron chi connectivity index (χ0n) is 11.2. The van der Waals surface area contributed by atoms with Gasteiger partial charge < -0.3 is 10.6 Å². The second kappa shape index (κ2) is 4.26. The van der Waals surface area contributed by atoms with E-state index in [1.54, 1.807) is 0 Å². The zero-order chi connectivity index (χ0) is 12.6. The quantitative estimate of drug-likeness (QED) is 0.849. The van der Waals surface area contributed by atoms with Gasteiger partial charge in [-0.2, -0.15) is 5.10 Å². The van der Waals surface area contributed by atoms with Gasteiger partial charge in [0.25, 0.3) is 0 Å². The fourth-order valence-electron chi connectivity index (χ4n) is 2.61. The molecule has 2 rings (SSSR count). The van der Waals surface area contributed by atoms with Crippen LogP contribution < -0.4 is 10.6 Å². The van der Waals surface area contributed by atoms with Crippen LogP contribution in [0.3, 0.4) is 0 Å². The molecule has 1 fully saturated rings. The standard InChI is InChI=1S/C13H22N4/c1-9-10(2)15-16-12(11(9)8-14)17-7-5-6-13(17,3)4/h5-8,14H2,1-4H3. The van der Waals surface area contributed by atoms with Crippen molar-refractivity contribution < 1.29 is 0 Å². The molecule has 0 radical (unpaired) electrons. The first-order valence-electron chi connectivity index (χ1n) is 6.28. The second-order valence-corrected chi connectivity index (χ2v) is 5.48. The molecule has 1 aromatic heterocycles. The molecule has 1 aromatic rings. The molecule has 1 saturated heterocycles. The van der Waals surface area contributed by atoms with Gasteiger partial charge in [0.15, 0.2) is 5.82 Å². The molecule has 17 heavy (non-hydrogen) atoms. The molecule has 2 N–H and O–H groups in total. The molecule has 4 heteroatoms. The van der Waals surface area contributed by atoms with Gasteiger partial charge in [-0.25, -0.2) is 0 Å². The molecule has 1 aliphatic heterocycles. The Kier molecular flexibility index (Phi) is 3.08. The highest BCUT2D eigenvalue weighted by atomic mass is 15.3. The number of hydrogen-bond donors (Lipinski definition) is 1. The topological polar surface area (TPSA) is 55.0 Å². The third-order valence-electron chi connectivity index (χ3n) is 3.92. The summed E-state index contributed by atoms with van der Waals surface area (Å²) in [5.74, 6) is 0.984. The lowest BCUT2D eigenvalue weighted by atomic mass is 10.0. The monoisotopic (exact) mass is 234 g/mol. The molecular formula is C13H22N4. The van der Waals surface area contributed by atoms with Crippen LogP contribution in [0.4, 0.5) is 5.82 Å². The molecule has 0 amide bonds. The van der Waals surface area contributed by atoms with E-state index < -0.39 is 0 Å². The third kappa shape index (κ3) is 2.02. The zero-order valence-corrected chi connectivity index (χ0v) is 11.2. The lowest BCUT2D eigenvalue weighted by molar-refractivity contribution is 0.510. The largest absolute Gasteiger partial charge is 0.350 e. The van der Waals surface area contributed by atoms with Gasteiger partial charge in [0.05, 0.1) is 5.69 Å². The Morgan fingerprint density at radius 2 is 2.00 bits per heavy atom. The minimum Gasteiger partial charge on any atom is -0.350 e. The highest BCUT2D eigenvalue weighted by Crippen LogP contribution is 2.34. The Balaban J connectivity index is 2.49. The van der Waals surface area contributed by atoms with Crippen LogP contribution in [-0.2, 0) is 6.54 Å². The molecule has 2 heterocycles. The first kappa shape index (κ1) is 12.3. The van der Waals surface area contributed by atoms with E-state index in [-0.39, 0.29) is 5.54 Å². The SMILES string of the molecule is Cc1nnc(N2CCCC2(C)C)c(CN)c1C. The van der Waals surface area contributed by atoms with Gasteiger partial charge in [0.2, 0.25) is 0 Å². The number of aromatic nitrogens is 2. The molecule has 94 valence electrons. The van der Waals surface area contributed by atoms with Crippen molar-refractivity contribution in [2.45, 2.75) is 52.6 Å². The van der Waals surface area contributed by atoms with Crippen LogP contribution in [-0.4, -0.2) is 22.3 Å². The summed E-state index contributed by atoms with van der Waals surface area (Å²) in [4.78, 5) is 2.36. The maximum absolute atomic E-state index is 5.88. The smallest absolute Gasteiger partial charge is 0.156 e. The lowest BCUT2D eigenvalue weighted by Crippen LogP contribution is -2.40. The van der Waals surface area contributed by atoms with Crippen molar-refractivity contribution in [1.29, 1.82) is 0 Å². The summed E-state index contributed by atoms with van der Waals surface area (Å²) in [6, 6.07) is 0. The van der Waals surface area contributed by atoms with E-state index in [9.17, 15) is 0 Å². The number of nitrogens with two attached hydrogens (primary N) is 1. The van der Waals surface area contributed by atoms with E-state index in [0.29, 0.717) is 6.54 Å². The average molecular weight is 234 g/mol. The predicted octanol–water partition coefficient (Wildman–Crippen LogP) is 1.93. The van der Waals surface area contributed by atoms with Gasteiger partial charge in [-0.05, 0) is 46.1 Å². The molecule has 0 unspecified atom stereocenters. The van der Waals surface area contributed by atoms with E-state index in [0.717, 1.165) is 23.6 Å². The summed E-state index contributed by atoms with van der Waals surface area (Å²) in [6.45, 7) is 10.2. The van der Waals surface area contributed by atoms with Crippen molar-refractivity contribution in [2.75, 3.05) is 11.4 Å². The maximum Gasteiger partial charge on any atom is 0.156 e. The van der Waals surface area contributed by atoms with E-state index >= 15 is 0 Å². The van der Waals surface area contributed by atoms with Crippen LogP contribution in [0.5, 0.6) is 0 Å². The van der Waals surface area contributed by atoms with Gasteiger partial charge in [-0.1, -0.05) is 0 Å². The van der Waals surface area contributed by atoms with Crippen molar-refractivity contribution in [2.24, 2.45) is 5.73 Å². The Labute approximate surface area is 103 Å². The van der Waals surface area contributed by atoms with E-state index in [1.165, 1.54) is 18.4 Å². The molecule has 0 saturated carbocycles. The molecule has 0 aliphatic carbocycles. The van der Waals surface area contributed by atoms with E-state index in [2.05, 4.69) is 35.9 Å².